The van der Waals surface area contributed by atoms with E-state index in [1.807, 2.05) is 6.07 Å². The van der Waals surface area contributed by atoms with Crippen molar-refractivity contribution in [3.05, 3.63) is 46.3 Å². The number of urea groups is 1. The van der Waals surface area contributed by atoms with Gasteiger partial charge >= 0.3 is 12.0 Å². The largest absolute Gasteiger partial charge is 0.478 e. The highest BCUT2D eigenvalue weighted by atomic mass is 32.1. The van der Waals surface area contributed by atoms with E-state index >= 15 is 0 Å². The minimum atomic E-state index is -1.10. The Balaban J connectivity index is 2.12. The second kappa shape index (κ2) is 6.07. The summed E-state index contributed by atoms with van der Waals surface area (Å²) in [6.45, 7) is 1.76. The van der Waals surface area contributed by atoms with Gasteiger partial charge in [-0.25, -0.2) is 9.59 Å². The summed E-state index contributed by atoms with van der Waals surface area (Å²) in [6, 6.07) is 9.34. The molecule has 3 N–H and O–H groups in total. The molecular weight excluding hydrogens is 290 g/mol. The number of hydrogen-bond acceptors (Lipinski definition) is 4. The number of carbonyl (C=O) groups is 2. The smallest absolute Gasteiger partial charge is 0.338 e. The third-order valence-electron chi connectivity index (χ3n) is 2.56. The lowest BCUT2D eigenvalue weighted by molar-refractivity contribution is 0.0698. The van der Waals surface area contributed by atoms with Crippen molar-refractivity contribution in [2.45, 2.75) is 6.92 Å². The van der Waals surface area contributed by atoms with Crippen molar-refractivity contribution in [1.29, 1.82) is 5.26 Å². The number of aryl methyl sites for hydroxylation is 1. The van der Waals surface area contributed by atoms with Gasteiger partial charge in [0.1, 0.15) is 5.00 Å². The van der Waals surface area contributed by atoms with Crippen molar-refractivity contribution in [3.63, 3.8) is 0 Å². The number of rotatable bonds is 3. The molecule has 21 heavy (non-hydrogen) atoms. The van der Waals surface area contributed by atoms with Gasteiger partial charge in [-0.1, -0.05) is 6.07 Å². The predicted molar refractivity (Wildman–Crippen MR) is 79.8 cm³/mol. The summed E-state index contributed by atoms with van der Waals surface area (Å²) in [5.41, 5.74) is 0.932. The Morgan fingerprint density at radius 3 is 2.71 bits per heavy atom. The van der Waals surface area contributed by atoms with E-state index < -0.39 is 12.0 Å². The van der Waals surface area contributed by atoms with Crippen molar-refractivity contribution < 1.29 is 14.7 Å². The van der Waals surface area contributed by atoms with Crippen LogP contribution < -0.4 is 10.6 Å². The zero-order valence-electron chi connectivity index (χ0n) is 11.0. The van der Waals surface area contributed by atoms with E-state index in [0.717, 1.165) is 4.88 Å². The minimum absolute atomic E-state index is 0.0541. The fourth-order valence-corrected chi connectivity index (χ4v) is 2.60. The van der Waals surface area contributed by atoms with Gasteiger partial charge in [0.15, 0.2) is 0 Å². The van der Waals surface area contributed by atoms with E-state index in [2.05, 4.69) is 10.6 Å². The van der Waals surface area contributed by atoms with Crippen LogP contribution in [0.5, 0.6) is 0 Å². The molecule has 2 amide bonds. The van der Waals surface area contributed by atoms with Crippen LogP contribution in [0.15, 0.2) is 30.3 Å². The molecule has 0 aliphatic rings. The van der Waals surface area contributed by atoms with Crippen molar-refractivity contribution in [3.8, 4) is 6.07 Å². The minimum Gasteiger partial charge on any atom is -0.478 e. The molecule has 1 aromatic heterocycles. The Morgan fingerprint density at radius 2 is 2.05 bits per heavy atom. The number of carbonyl (C=O) groups excluding carboxylic acids is 1. The number of carboxylic acids is 1. The molecule has 6 nitrogen and oxygen atoms in total. The van der Waals surface area contributed by atoms with Gasteiger partial charge in [-0.15, -0.1) is 11.3 Å². The lowest BCUT2D eigenvalue weighted by Gasteiger charge is -2.07. The second-order valence-corrected chi connectivity index (χ2v) is 5.43. The molecule has 0 aliphatic heterocycles. The number of aromatic carboxylic acids is 1. The Bertz CT molecular complexity index is 746. The normalized spacial score (nSPS) is 9.71. The quantitative estimate of drug-likeness (QED) is 0.809. The van der Waals surface area contributed by atoms with E-state index in [1.54, 1.807) is 25.1 Å². The number of anilines is 2. The first-order valence-electron chi connectivity index (χ1n) is 5.91. The summed E-state index contributed by atoms with van der Waals surface area (Å²) < 4.78 is 0. The standard InChI is InChI=1S/C14H11N3O3S/c1-8-5-11(13(18)19)12(21-8)17-14(20)16-10-4-2-3-9(6-10)7-15/h2-6H,1H3,(H,18,19)(H2,16,17,20). The van der Waals surface area contributed by atoms with Gasteiger partial charge in [0.2, 0.25) is 0 Å². The van der Waals surface area contributed by atoms with Gasteiger partial charge in [-0.05, 0) is 31.2 Å². The first-order valence-corrected chi connectivity index (χ1v) is 6.73. The summed E-state index contributed by atoms with van der Waals surface area (Å²) in [7, 11) is 0. The van der Waals surface area contributed by atoms with Crippen LogP contribution in [0, 0.1) is 18.3 Å². The highest BCUT2D eigenvalue weighted by molar-refractivity contribution is 7.16. The maximum absolute atomic E-state index is 11.9. The van der Waals surface area contributed by atoms with Gasteiger partial charge in [0, 0.05) is 10.6 Å². The molecule has 0 atom stereocenters. The lowest BCUT2D eigenvalue weighted by atomic mass is 10.2. The Kier molecular flexibility index (Phi) is 4.21. The fraction of sp³-hybridized carbons (Fsp3) is 0.0714. The van der Waals surface area contributed by atoms with Crippen LogP contribution in [0.25, 0.3) is 0 Å². The van der Waals surface area contributed by atoms with Crippen molar-refractivity contribution in [1.82, 2.24) is 0 Å². The van der Waals surface area contributed by atoms with Gasteiger partial charge < -0.3 is 10.4 Å². The summed E-state index contributed by atoms with van der Waals surface area (Å²) in [5.74, 6) is -1.10. The Labute approximate surface area is 124 Å². The first-order chi connectivity index (χ1) is 9.99. The third kappa shape index (κ3) is 3.58. The molecule has 1 aromatic carbocycles. The molecule has 2 aromatic rings. The number of nitrogens with zero attached hydrogens (tertiary/aromatic N) is 1. The Hall–Kier alpha value is -2.85. The van der Waals surface area contributed by atoms with Crippen LogP contribution in [0.2, 0.25) is 0 Å². The molecule has 0 fully saturated rings. The number of thiophene rings is 1. The topological polar surface area (TPSA) is 102 Å². The molecule has 0 spiro atoms. The molecule has 2 rings (SSSR count). The van der Waals surface area contributed by atoms with Crippen LogP contribution >= 0.6 is 11.3 Å². The SMILES string of the molecule is Cc1cc(C(=O)O)c(NC(=O)Nc2cccc(C#N)c2)s1. The van der Waals surface area contributed by atoms with Crippen LogP contribution in [0.3, 0.4) is 0 Å². The number of nitrogens with one attached hydrogen (secondary N) is 2. The molecular formula is C14H11N3O3S. The molecule has 106 valence electrons. The number of amides is 2. The molecule has 0 saturated heterocycles. The van der Waals surface area contributed by atoms with Crippen molar-refractivity contribution in [2.24, 2.45) is 0 Å². The molecule has 0 aliphatic carbocycles. The van der Waals surface area contributed by atoms with E-state index in [9.17, 15) is 9.59 Å². The highest BCUT2D eigenvalue weighted by Gasteiger charge is 2.15. The van der Waals surface area contributed by atoms with E-state index in [4.69, 9.17) is 10.4 Å². The molecule has 0 saturated carbocycles. The average Bonchev–Trinajstić information content (AvgIpc) is 2.79. The zero-order chi connectivity index (χ0) is 15.4. The van der Waals surface area contributed by atoms with Crippen LogP contribution in [-0.2, 0) is 0 Å². The van der Waals surface area contributed by atoms with Crippen LogP contribution in [-0.4, -0.2) is 17.1 Å². The monoisotopic (exact) mass is 301 g/mol. The van der Waals surface area contributed by atoms with Crippen molar-refractivity contribution >= 4 is 34.0 Å². The maximum Gasteiger partial charge on any atom is 0.338 e. The van der Waals surface area contributed by atoms with Crippen molar-refractivity contribution in [2.75, 3.05) is 10.6 Å². The summed E-state index contributed by atoms with van der Waals surface area (Å²) in [4.78, 5) is 23.7. The van der Waals surface area contributed by atoms with Gasteiger partial charge in [0.05, 0.1) is 17.2 Å². The first kappa shape index (κ1) is 14.6. The average molecular weight is 301 g/mol. The summed E-state index contributed by atoms with van der Waals surface area (Å²) in [5, 5.41) is 23.2. The van der Waals surface area contributed by atoms with E-state index in [0.29, 0.717) is 11.3 Å². The van der Waals surface area contributed by atoms with E-state index in [1.165, 1.54) is 23.5 Å². The number of hydrogen-bond donors (Lipinski definition) is 3. The Morgan fingerprint density at radius 1 is 1.29 bits per heavy atom. The second-order valence-electron chi connectivity index (χ2n) is 4.18. The molecule has 1 heterocycles. The molecule has 0 bridgehead atoms. The van der Waals surface area contributed by atoms with E-state index in [-0.39, 0.29) is 10.6 Å². The number of benzene rings is 1. The maximum atomic E-state index is 11.9. The number of nitriles is 1. The molecule has 7 heteroatoms. The number of carboxylic acid groups (broad SMARTS) is 1. The van der Waals surface area contributed by atoms with Crippen LogP contribution in [0.1, 0.15) is 20.8 Å². The third-order valence-corrected chi connectivity index (χ3v) is 3.53. The highest BCUT2D eigenvalue weighted by Crippen LogP contribution is 2.27. The van der Waals surface area contributed by atoms with Crippen LogP contribution in [0.4, 0.5) is 15.5 Å². The van der Waals surface area contributed by atoms with Gasteiger partial charge in [-0.3, -0.25) is 5.32 Å². The predicted octanol–water partition coefficient (Wildman–Crippen LogP) is 3.27. The van der Waals surface area contributed by atoms with Gasteiger partial charge in [0.25, 0.3) is 0 Å². The molecule has 0 unspecified atom stereocenters. The summed E-state index contributed by atoms with van der Waals surface area (Å²) >= 11 is 1.18. The summed E-state index contributed by atoms with van der Waals surface area (Å²) in [6.07, 6.45) is 0. The molecule has 0 radical (unpaired) electrons. The fourth-order valence-electron chi connectivity index (χ4n) is 1.70. The zero-order valence-corrected chi connectivity index (χ0v) is 11.8. The lowest BCUT2D eigenvalue weighted by Crippen LogP contribution is -2.20. The van der Waals surface area contributed by atoms with Gasteiger partial charge in [-0.2, -0.15) is 5.26 Å².